The molecule has 4 nitrogen and oxygen atoms in total. The van der Waals surface area contributed by atoms with Crippen LogP contribution in [0.4, 0.5) is 0 Å². The van der Waals surface area contributed by atoms with E-state index in [1.165, 1.54) is 5.56 Å². The Morgan fingerprint density at radius 3 is 2.70 bits per heavy atom. The number of rotatable bonds is 7. The lowest BCUT2D eigenvalue weighted by molar-refractivity contribution is -0.137. The van der Waals surface area contributed by atoms with Crippen molar-refractivity contribution in [1.29, 1.82) is 0 Å². The van der Waals surface area contributed by atoms with Crippen LogP contribution in [0.1, 0.15) is 56.9 Å². The third-order valence-electron chi connectivity index (χ3n) is 4.82. The topological polar surface area (TPSA) is 57.6 Å². The summed E-state index contributed by atoms with van der Waals surface area (Å²) >= 11 is 0. The highest BCUT2D eigenvalue weighted by molar-refractivity contribution is 5.77. The maximum atomic E-state index is 12.6. The summed E-state index contributed by atoms with van der Waals surface area (Å²) in [6.07, 6.45) is 4.40. The van der Waals surface area contributed by atoms with Gasteiger partial charge < -0.3 is 10.0 Å². The summed E-state index contributed by atoms with van der Waals surface area (Å²) in [6, 6.07) is 10.2. The van der Waals surface area contributed by atoms with E-state index in [-0.39, 0.29) is 18.2 Å². The number of amides is 1. The average Bonchev–Trinajstić information content (AvgIpc) is 2.58. The fourth-order valence-corrected chi connectivity index (χ4v) is 3.42. The van der Waals surface area contributed by atoms with Crippen LogP contribution < -0.4 is 0 Å². The Hall–Kier alpha value is -1.84. The zero-order valence-corrected chi connectivity index (χ0v) is 13.9. The zero-order chi connectivity index (χ0) is 16.7. The van der Waals surface area contributed by atoms with Gasteiger partial charge in [-0.25, -0.2) is 0 Å². The molecule has 126 valence electrons. The normalized spacial score (nSPS) is 19.3. The number of carbonyl (C=O) groups is 2. The van der Waals surface area contributed by atoms with Crippen LogP contribution in [-0.4, -0.2) is 35.0 Å². The number of benzene rings is 1. The minimum atomic E-state index is -0.747. The van der Waals surface area contributed by atoms with Crippen LogP contribution in [0.15, 0.2) is 30.3 Å². The van der Waals surface area contributed by atoms with Crippen molar-refractivity contribution in [3.8, 4) is 0 Å². The molecule has 0 radical (unpaired) electrons. The van der Waals surface area contributed by atoms with Gasteiger partial charge >= 0.3 is 5.97 Å². The van der Waals surface area contributed by atoms with Crippen LogP contribution in [0, 0.1) is 5.92 Å². The van der Waals surface area contributed by atoms with Gasteiger partial charge in [0.05, 0.1) is 0 Å². The molecule has 1 aliphatic heterocycles. The first kappa shape index (κ1) is 17.5. The van der Waals surface area contributed by atoms with Gasteiger partial charge in [0.1, 0.15) is 0 Å². The maximum Gasteiger partial charge on any atom is 0.303 e. The van der Waals surface area contributed by atoms with E-state index >= 15 is 0 Å². The quantitative estimate of drug-likeness (QED) is 0.834. The van der Waals surface area contributed by atoms with Crippen LogP contribution in [0.5, 0.6) is 0 Å². The van der Waals surface area contributed by atoms with Gasteiger partial charge in [0.15, 0.2) is 0 Å². The Kier molecular flexibility index (Phi) is 6.63. The molecule has 23 heavy (non-hydrogen) atoms. The van der Waals surface area contributed by atoms with Crippen molar-refractivity contribution in [3.63, 3.8) is 0 Å². The Balaban J connectivity index is 1.90. The Bertz CT molecular complexity index is 515. The summed E-state index contributed by atoms with van der Waals surface area (Å²) < 4.78 is 0. The van der Waals surface area contributed by atoms with E-state index in [4.69, 9.17) is 5.11 Å². The molecule has 2 rings (SSSR count). The molecule has 1 aromatic carbocycles. The highest BCUT2D eigenvalue weighted by Crippen LogP contribution is 2.26. The maximum absolute atomic E-state index is 12.6. The van der Waals surface area contributed by atoms with Crippen molar-refractivity contribution < 1.29 is 14.7 Å². The molecule has 0 bridgehead atoms. The molecule has 1 saturated heterocycles. The number of aliphatic carboxylic acids is 1. The summed E-state index contributed by atoms with van der Waals surface area (Å²) in [5.74, 6) is 0.0630. The van der Waals surface area contributed by atoms with Gasteiger partial charge in [-0.1, -0.05) is 37.3 Å². The van der Waals surface area contributed by atoms with E-state index in [1.807, 2.05) is 23.1 Å². The molecule has 1 aliphatic rings. The Morgan fingerprint density at radius 1 is 1.30 bits per heavy atom. The van der Waals surface area contributed by atoms with Crippen LogP contribution in [0.2, 0.25) is 0 Å². The monoisotopic (exact) mass is 317 g/mol. The van der Waals surface area contributed by atoms with Gasteiger partial charge in [-0.05, 0) is 43.1 Å². The third-order valence-corrected chi connectivity index (χ3v) is 4.82. The van der Waals surface area contributed by atoms with E-state index in [0.717, 1.165) is 32.4 Å². The number of hydrogen-bond donors (Lipinski definition) is 1. The predicted molar refractivity (Wildman–Crippen MR) is 90.3 cm³/mol. The lowest BCUT2D eigenvalue weighted by Gasteiger charge is -2.33. The summed E-state index contributed by atoms with van der Waals surface area (Å²) in [7, 11) is 0. The van der Waals surface area contributed by atoms with Crippen LogP contribution >= 0.6 is 0 Å². The molecule has 0 spiro atoms. The molecule has 2 unspecified atom stereocenters. The van der Waals surface area contributed by atoms with Crippen LogP contribution in [0.3, 0.4) is 0 Å². The second kappa shape index (κ2) is 8.70. The lowest BCUT2D eigenvalue weighted by Crippen LogP contribution is -2.40. The number of likely N-dealkylation sites (tertiary alicyclic amines) is 1. The molecule has 1 aromatic rings. The van der Waals surface area contributed by atoms with Crippen LogP contribution in [0.25, 0.3) is 0 Å². The molecule has 4 heteroatoms. The number of piperidine rings is 1. The first-order valence-electron chi connectivity index (χ1n) is 8.64. The largest absolute Gasteiger partial charge is 0.481 e. The molecule has 1 heterocycles. The van der Waals surface area contributed by atoms with Gasteiger partial charge in [0.25, 0.3) is 0 Å². The number of carbonyl (C=O) groups excluding carboxylic acids is 1. The van der Waals surface area contributed by atoms with Gasteiger partial charge in [0.2, 0.25) is 5.91 Å². The highest BCUT2D eigenvalue weighted by Gasteiger charge is 2.25. The van der Waals surface area contributed by atoms with Gasteiger partial charge in [0, 0.05) is 25.9 Å². The minimum Gasteiger partial charge on any atom is -0.481 e. The van der Waals surface area contributed by atoms with Crippen molar-refractivity contribution in [2.24, 2.45) is 5.92 Å². The number of carboxylic acids is 1. The summed E-state index contributed by atoms with van der Waals surface area (Å²) in [5, 5.41) is 8.82. The fraction of sp³-hybridized carbons (Fsp3) is 0.579. The lowest BCUT2D eigenvalue weighted by atomic mass is 9.90. The van der Waals surface area contributed by atoms with Gasteiger partial charge in [-0.2, -0.15) is 0 Å². The summed E-state index contributed by atoms with van der Waals surface area (Å²) in [6.45, 7) is 3.65. The molecule has 2 atom stereocenters. The molecular weight excluding hydrogens is 290 g/mol. The summed E-state index contributed by atoms with van der Waals surface area (Å²) in [5.41, 5.74) is 1.22. The van der Waals surface area contributed by atoms with Crippen molar-refractivity contribution in [2.45, 2.75) is 51.4 Å². The van der Waals surface area contributed by atoms with Gasteiger partial charge in [-0.3, -0.25) is 9.59 Å². The molecule has 0 aliphatic carbocycles. The second-order valence-electron chi connectivity index (χ2n) is 6.50. The molecule has 1 fully saturated rings. The van der Waals surface area contributed by atoms with E-state index < -0.39 is 5.97 Å². The Labute approximate surface area is 138 Å². The SMILES string of the molecule is CCC(CC(=O)N1CCCC(CCC(=O)O)C1)c1ccccc1. The zero-order valence-electron chi connectivity index (χ0n) is 13.9. The van der Waals surface area contributed by atoms with E-state index in [2.05, 4.69) is 19.1 Å². The van der Waals surface area contributed by atoms with Crippen molar-refractivity contribution in [3.05, 3.63) is 35.9 Å². The predicted octanol–water partition coefficient (Wildman–Crippen LogP) is 3.67. The third kappa shape index (κ3) is 5.38. The van der Waals surface area contributed by atoms with Crippen LogP contribution in [-0.2, 0) is 9.59 Å². The van der Waals surface area contributed by atoms with E-state index in [0.29, 0.717) is 18.8 Å². The van der Waals surface area contributed by atoms with E-state index in [1.54, 1.807) is 0 Å². The fourth-order valence-electron chi connectivity index (χ4n) is 3.42. The second-order valence-corrected chi connectivity index (χ2v) is 6.50. The minimum absolute atomic E-state index is 0.203. The molecule has 1 N–H and O–H groups in total. The van der Waals surface area contributed by atoms with E-state index in [9.17, 15) is 9.59 Å². The molecule has 0 saturated carbocycles. The summed E-state index contributed by atoms with van der Waals surface area (Å²) in [4.78, 5) is 25.3. The highest BCUT2D eigenvalue weighted by atomic mass is 16.4. The Morgan fingerprint density at radius 2 is 2.04 bits per heavy atom. The smallest absolute Gasteiger partial charge is 0.303 e. The molecule has 1 amide bonds. The number of hydrogen-bond acceptors (Lipinski definition) is 2. The van der Waals surface area contributed by atoms with Crippen molar-refractivity contribution >= 4 is 11.9 Å². The van der Waals surface area contributed by atoms with Gasteiger partial charge in [-0.15, -0.1) is 0 Å². The van der Waals surface area contributed by atoms with Crippen molar-refractivity contribution in [2.75, 3.05) is 13.1 Å². The standard InChI is InChI=1S/C19H27NO3/c1-2-16(17-8-4-3-5-9-17)13-18(21)20-12-6-7-15(14-20)10-11-19(22)23/h3-5,8-9,15-16H,2,6-7,10-14H2,1H3,(H,22,23). The first-order chi connectivity index (χ1) is 11.1. The molecular formula is C19H27NO3. The number of nitrogens with zero attached hydrogens (tertiary/aromatic N) is 1. The van der Waals surface area contributed by atoms with Crippen molar-refractivity contribution in [1.82, 2.24) is 4.90 Å². The average molecular weight is 317 g/mol. The first-order valence-corrected chi connectivity index (χ1v) is 8.64. The molecule has 0 aromatic heterocycles. The number of carboxylic acid groups (broad SMARTS) is 1.